The zero-order valence-electron chi connectivity index (χ0n) is 8.00. The molecule has 2 N–H and O–H groups in total. The first-order valence-electron chi connectivity index (χ1n) is 4.92. The van der Waals surface area contributed by atoms with Crippen LogP contribution in [0.2, 0.25) is 0 Å². The van der Waals surface area contributed by atoms with Crippen LogP contribution in [0.5, 0.6) is 0 Å². The van der Waals surface area contributed by atoms with Gasteiger partial charge in [0.15, 0.2) is 0 Å². The minimum Gasteiger partial charge on any atom is -0.396 e. The van der Waals surface area contributed by atoms with E-state index in [-0.39, 0.29) is 5.82 Å². The summed E-state index contributed by atoms with van der Waals surface area (Å²) in [5.74, 6) is 0.949. The molecule has 1 atom stereocenters. The van der Waals surface area contributed by atoms with Crippen LogP contribution in [-0.4, -0.2) is 11.0 Å². The Hall–Kier alpha value is -0.700. The number of hydrogen-bond acceptors (Lipinski definition) is 2. The van der Waals surface area contributed by atoms with Gasteiger partial charge in [0.1, 0.15) is 5.82 Å². The molecule has 0 aliphatic carbocycles. The Morgan fingerprint density at radius 1 is 1.50 bits per heavy atom. The lowest BCUT2D eigenvalue weighted by Gasteiger charge is -2.10. The topological polar surface area (TPSA) is 26.0 Å². The fraction of sp³-hybridized carbons (Fsp3) is 0.455. The number of hydrogen-bond donors (Lipinski definition) is 1. The maximum Gasteiger partial charge on any atom is 0.146 e. The van der Waals surface area contributed by atoms with Crippen LogP contribution in [0, 0.1) is 5.82 Å². The molecule has 2 rings (SSSR count). The van der Waals surface area contributed by atoms with Gasteiger partial charge in [-0.3, -0.25) is 0 Å². The van der Waals surface area contributed by atoms with Gasteiger partial charge in [0.05, 0.1) is 5.69 Å². The number of rotatable bonds is 2. The number of nitrogen functional groups attached to an aromatic ring is 1. The summed E-state index contributed by atoms with van der Waals surface area (Å²) in [6.07, 6.45) is 3.43. The lowest BCUT2D eigenvalue weighted by atomic mass is 10.1. The van der Waals surface area contributed by atoms with E-state index in [0.717, 1.165) is 12.0 Å². The molecule has 1 heterocycles. The summed E-state index contributed by atoms with van der Waals surface area (Å²) in [7, 11) is 0. The Morgan fingerprint density at radius 2 is 2.36 bits per heavy atom. The molecular formula is C11H14FNS. The van der Waals surface area contributed by atoms with Gasteiger partial charge >= 0.3 is 0 Å². The second kappa shape index (κ2) is 4.22. The van der Waals surface area contributed by atoms with E-state index < -0.39 is 0 Å². The Bertz CT molecular complexity index is 321. The summed E-state index contributed by atoms with van der Waals surface area (Å²) in [6.45, 7) is 0. The fourth-order valence-electron chi connectivity index (χ4n) is 1.81. The summed E-state index contributed by atoms with van der Waals surface area (Å²) in [4.78, 5) is 0. The summed E-state index contributed by atoms with van der Waals surface area (Å²) >= 11 is 1.97. The van der Waals surface area contributed by atoms with Crippen LogP contribution in [0.15, 0.2) is 18.2 Å². The first kappa shape index (κ1) is 9.84. The summed E-state index contributed by atoms with van der Waals surface area (Å²) in [5, 5.41) is 0.638. The predicted octanol–water partition coefficient (Wildman–Crippen LogP) is 2.85. The number of halogens is 1. The lowest BCUT2D eigenvalue weighted by Crippen LogP contribution is -2.05. The minimum atomic E-state index is -0.287. The molecule has 1 aromatic rings. The SMILES string of the molecule is Nc1c(F)cccc1CC1CCCS1. The smallest absolute Gasteiger partial charge is 0.146 e. The molecule has 0 aromatic heterocycles. The number of anilines is 1. The molecular weight excluding hydrogens is 197 g/mol. The van der Waals surface area contributed by atoms with Gasteiger partial charge in [-0.2, -0.15) is 11.8 Å². The second-order valence-electron chi connectivity index (χ2n) is 3.65. The third-order valence-corrected chi connectivity index (χ3v) is 4.01. The molecule has 1 aromatic carbocycles. The highest BCUT2D eigenvalue weighted by molar-refractivity contribution is 8.00. The van der Waals surface area contributed by atoms with Gasteiger partial charge in [0.25, 0.3) is 0 Å². The molecule has 76 valence electrons. The molecule has 0 radical (unpaired) electrons. The standard InChI is InChI=1S/C11H14FNS/c12-10-5-1-3-8(11(10)13)7-9-4-2-6-14-9/h1,3,5,9H,2,4,6-7,13H2. The highest BCUT2D eigenvalue weighted by Crippen LogP contribution is 2.30. The van der Waals surface area contributed by atoms with E-state index >= 15 is 0 Å². The third kappa shape index (κ3) is 2.03. The molecule has 14 heavy (non-hydrogen) atoms. The molecule has 0 spiro atoms. The number of benzene rings is 1. The van der Waals surface area contributed by atoms with Gasteiger partial charge in [-0.15, -0.1) is 0 Å². The van der Waals surface area contributed by atoms with Crippen molar-refractivity contribution in [3.05, 3.63) is 29.6 Å². The quantitative estimate of drug-likeness (QED) is 0.761. The van der Waals surface area contributed by atoms with Crippen molar-refractivity contribution >= 4 is 17.4 Å². The van der Waals surface area contributed by atoms with Gasteiger partial charge < -0.3 is 5.73 Å². The largest absolute Gasteiger partial charge is 0.396 e. The van der Waals surface area contributed by atoms with Crippen LogP contribution < -0.4 is 5.73 Å². The van der Waals surface area contributed by atoms with Crippen LogP contribution in [0.4, 0.5) is 10.1 Å². The average molecular weight is 211 g/mol. The monoisotopic (exact) mass is 211 g/mol. The first-order valence-corrected chi connectivity index (χ1v) is 5.96. The van der Waals surface area contributed by atoms with Crippen molar-refractivity contribution in [3.63, 3.8) is 0 Å². The molecule has 0 amide bonds. The normalized spacial score (nSPS) is 21.4. The summed E-state index contributed by atoms with van der Waals surface area (Å²) < 4.78 is 13.1. The van der Waals surface area contributed by atoms with E-state index in [1.807, 2.05) is 17.8 Å². The van der Waals surface area contributed by atoms with Crippen molar-refractivity contribution in [1.82, 2.24) is 0 Å². The van der Waals surface area contributed by atoms with E-state index in [1.54, 1.807) is 6.07 Å². The van der Waals surface area contributed by atoms with E-state index in [1.165, 1.54) is 24.7 Å². The first-order chi connectivity index (χ1) is 6.77. The maximum absolute atomic E-state index is 13.1. The van der Waals surface area contributed by atoms with Gasteiger partial charge in [0, 0.05) is 5.25 Å². The van der Waals surface area contributed by atoms with Crippen molar-refractivity contribution < 1.29 is 4.39 Å². The minimum absolute atomic E-state index is 0.287. The van der Waals surface area contributed by atoms with Crippen LogP contribution in [-0.2, 0) is 6.42 Å². The fourth-order valence-corrected chi connectivity index (χ4v) is 3.11. The molecule has 1 saturated heterocycles. The molecule has 3 heteroatoms. The summed E-state index contributed by atoms with van der Waals surface area (Å²) in [6, 6.07) is 5.08. The van der Waals surface area contributed by atoms with E-state index in [2.05, 4.69) is 0 Å². The number of thioether (sulfide) groups is 1. The second-order valence-corrected chi connectivity index (χ2v) is 5.06. The molecule has 1 fully saturated rings. The van der Waals surface area contributed by atoms with Crippen LogP contribution in [0.25, 0.3) is 0 Å². The average Bonchev–Trinajstić information content (AvgIpc) is 2.66. The van der Waals surface area contributed by atoms with Gasteiger partial charge in [-0.1, -0.05) is 12.1 Å². The Balaban J connectivity index is 2.11. The highest BCUT2D eigenvalue weighted by atomic mass is 32.2. The molecule has 0 saturated carbocycles. The molecule has 0 bridgehead atoms. The molecule has 1 nitrogen and oxygen atoms in total. The Morgan fingerprint density at radius 3 is 3.07 bits per heavy atom. The maximum atomic E-state index is 13.1. The molecule has 1 aliphatic rings. The van der Waals surface area contributed by atoms with Crippen LogP contribution >= 0.6 is 11.8 Å². The molecule has 1 unspecified atom stereocenters. The Labute approximate surface area is 87.9 Å². The third-order valence-electron chi connectivity index (χ3n) is 2.61. The van der Waals surface area contributed by atoms with Crippen LogP contribution in [0.3, 0.4) is 0 Å². The number of para-hydroxylation sites is 1. The summed E-state index contributed by atoms with van der Waals surface area (Å²) in [5.41, 5.74) is 6.97. The van der Waals surface area contributed by atoms with Crippen molar-refractivity contribution in [2.24, 2.45) is 0 Å². The van der Waals surface area contributed by atoms with E-state index in [0.29, 0.717) is 10.9 Å². The zero-order chi connectivity index (χ0) is 9.97. The van der Waals surface area contributed by atoms with Crippen LogP contribution in [0.1, 0.15) is 18.4 Å². The van der Waals surface area contributed by atoms with Gasteiger partial charge in [0.2, 0.25) is 0 Å². The van der Waals surface area contributed by atoms with Crippen molar-refractivity contribution in [3.8, 4) is 0 Å². The number of nitrogens with two attached hydrogens (primary N) is 1. The zero-order valence-corrected chi connectivity index (χ0v) is 8.82. The van der Waals surface area contributed by atoms with Crippen molar-refractivity contribution in [1.29, 1.82) is 0 Å². The van der Waals surface area contributed by atoms with E-state index in [4.69, 9.17) is 5.73 Å². The predicted molar refractivity (Wildman–Crippen MR) is 60.0 cm³/mol. The van der Waals surface area contributed by atoms with E-state index in [9.17, 15) is 4.39 Å². The lowest BCUT2D eigenvalue weighted by molar-refractivity contribution is 0.629. The van der Waals surface area contributed by atoms with Gasteiger partial charge in [-0.05, 0) is 36.6 Å². The highest BCUT2D eigenvalue weighted by Gasteiger charge is 2.17. The van der Waals surface area contributed by atoms with Crippen molar-refractivity contribution in [2.45, 2.75) is 24.5 Å². The van der Waals surface area contributed by atoms with Gasteiger partial charge in [-0.25, -0.2) is 4.39 Å². The molecule has 1 aliphatic heterocycles. The van der Waals surface area contributed by atoms with Crippen molar-refractivity contribution in [2.75, 3.05) is 11.5 Å². The Kier molecular flexibility index (Phi) is 2.96.